The summed E-state index contributed by atoms with van der Waals surface area (Å²) in [4.78, 5) is 22.4. The molecule has 114 valence electrons. The topological polar surface area (TPSA) is 128 Å². The summed E-state index contributed by atoms with van der Waals surface area (Å²) in [6.45, 7) is 0. The molecule has 0 radical (unpaired) electrons. The second-order valence-electron chi connectivity index (χ2n) is 3.93. The van der Waals surface area contributed by atoms with Crippen molar-refractivity contribution >= 4 is 33.5 Å². The van der Waals surface area contributed by atoms with E-state index in [1.54, 1.807) is 0 Å². The summed E-state index contributed by atoms with van der Waals surface area (Å²) in [6, 6.07) is 5.29. The van der Waals surface area contributed by atoms with Gasteiger partial charge in [0.25, 0.3) is 0 Å². The van der Waals surface area contributed by atoms with Gasteiger partial charge in [-0.3, -0.25) is 0 Å². The molecule has 0 aliphatic rings. The fraction of sp³-hybridized carbons (Fsp3) is 0. The Labute approximate surface area is 131 Å². The van der Waals surface area contributed by atoms with Gasteiger partial charge in [0, 0.05) is 12.1 Å². The van der Waals surface area contributed by atoms with Crippen LogP contribution >= 0.6 is 21.6 Å². The van der Waals surface area contributed by atoms with Gasteiger partial charge in [-0.1, -0.05) is 0 Å². The Morgan fingerprint density at radius 2 is 1.18 bits per heavy atom. The van der Waals surface area contributed by atoms with Crippen molar-refractivity contribution in [2.45, 2.75) is 9.79 Å². The number of hydrogen-bond donors (Lipinski definition) is 2. The van der Waals surface area contributed by atoms with Crippen LogP contribution in [0.4, 0.5) is 0 Å². The van der Waals surface area contributed by atoms with Gasteiger partial charge in [-0.05, 0) is 33.7 Å². The van der Waals surface area contributed by atoms with Crippen molar-refractivity contribution in [2.75, 3.05) is 0 Å². The van der Waals surface area contributed by atoms with Gasteiger partial charge in [0.15, 0.2) is 12.4 Å². The molecule has 8 nitrogen and oxygen atoms in total. The minimum Gasteiger partial charge on any atom is -0.618 e. The third-order valence-corrected chi connectivity index (χ3v) is 4.80. The maximum Gasteiger partial charge on any atom is 0.402 e. The maximum atomic E-state index is 11.5. The standard InChI is InChI=1S/C12H8N2O6S2/c15-11(16)9-3-1-7(5-13(9)19)21-22-8-2-4-10(12(17)18)14(20)6-8/h1-6H,(H,15,16)(H,17,18). The number of aromatic carboxylic acids is 2. The van der Waals surface area contributed by atoms with Crippen molar-refractivity contribution in [3.63, 3.8) is 0 Å². The first-order chi connectivity index (χ1) is 10.4. The van der Waals surface area contributed by atoms with E-state index in [0.717, 1.165) is 34.0 Å². The average Bonchev–Trinajstić information content (AvgIpc) is 2.44. The normalized spacial score (nSPS) is 10.4. The summed E-state index contributed by atoms with van der Waals surface area (Å²) >= 11 is 0. The predicted octanol–water partition coefficient (Wildman–Crippen LogP) is 1.15. The molecule has 0 amide bonds. The van der Waals surface area contributed by atoms with Gasteiger partial charge in [0.2, 0.25) is 0 Å². The number of carbonyl (C=O) groups is 2. The summed E-state index contributed by atoms with van der Waals surface area (Å²) in [5, 5.41) is 40.4. The van der Waals surface area contributed by atoms with Crippen LogP contribution in [-0.4, -0.2) is 22.2 Å². The molecular formula is C12H8N2O6S2. The van der Waals surface area contributed by atoms with E-state index in [-0.39, 0.29) is 9.46 Å². The minimum atomic E-state index is -1.32. The fourth-order valence-corrected chi connectivity index (χ4v) is 3.34. The summed E-state index contributed by atoms with van der Waals surface area (Å²) in [5.74, 6) is -2.65. The van der Waals surface area contributed by atoms with Crippen molar-refractivity contribution in [1.29, 1.82) is 0 Å². The second kappa shape index (κ2) is 6.54. The molecule has 2 aromatic rings. The molecule has 0 atom stereocenters. The summed E-state index contributed by atoms with van der Waals surface area (Å²) < 4.78 is 0.485. The number of nitrogens with zero attached hydrogens (tertiary/aromatic N) is 2. The first kappa shape index (κ1) is 15.9. The van der Waals surface area contributed by atoms with Crippen LogP contribution in [0, 0.1) is 10.4 Å². The van der Waals surface area contributed by atoms with E-state index < -0.39 is 23.3 Å². The average molecular weight is 340 g/mol. The molecule has 0 aliphatic carbocycles. The monoisotopic (exact) mass is 340 g/mol. The molecule has 22 heavy (non-hydrogen) atoms. The molecule has 0 bridgehead atoms. The number of pyridine rings is 2. The van der Waals surface area contributed by atoms with Crippen LogP contribution in [0.25, 0.3) is 0 Å². The zero-order valence-corrected chi connectivity index (χ0v) is 12.3. The van der Waals surface area contributed by atoms with Crippen molar-refractivity contribution in [3.8, 4) is 0 Å². The van der Waals surface area contributed by atoms with E-state index in [9.17, 15) is 20.0 Å². The minimum absolute atomic E-state index is 0.243. The van der Waals surface area contributed by atoms with Crippen LogP contribution in [0.3, 0.4) is 0 Å². The van der Waals surface area contributed by atoms with Crippen molar-refractivity contribution < 1.29 is 29.3 Å². The quantitative estimate of drug-likeness (QED) is 0.471. The maximum absolute atomic E-state index is 11.5. The van der Waals surface area contributed by atoms with Gasteiger partial charge in [0.1, 0.15) is 0 Å². The van der Waals surface area contributed by atoms with E-state index in [1.165, 1.54) is 24.3 Å². The highest BCUT2D eigenvalue weighted by Gasteiger charge is 2.17. The number of carboxylic acids is 2. The lowest BCUT2D eigenvalue weighted by Crippen LogP contribution is -2.34. The largest absolute Gasteiger partial charge is 0.618 e. The molecule has 0 aromatic carbocycles. The Hall–Kier alpha value is -2.46. The van der Waals surface area contributed by atoms with Crippen LogP contribution in [0.15, 0.2) is 46.5 Å². The molecule has 2 heterocycles. The van der Waals surface area contributed by atoms with E-state index in [4.69, 9.17) is 10.2 Å². The van der Waals surface area contributed by atoms with Gasteiger partial charge in [-0.2, -0.15) is 9.46 Å². The second-order valence-corrected chi connectivity index (χ2v) is 6.20. The SMILES string of the molecule is O=C(O)c1ccc(SSc2ccc(C(=O)O)[n+]([O-])c2)c[n+]1[O-]. The van der Waals surface area contributed by atoms with Gasteiger partial charge in [-0.15, -0.1) is 0 Å². The van der Waals surface area contributed by atoms with Crippen molar-refractivity contribution in [3.05, 3.63) is 58.5 Å². The lowest BCUT2D eigenvalue weighted by Gasteiger charge is -2.04. The van der Waals surface area contributed by atoms with Crippen LogP contribution < -0.4 is 9.46 Å². The van der Waals surface area contributed by atoms with Crippen molar-refractivity contribution in [1.82, 2.24) is 0 Å². The first-order valence-electron chi connectivity index (χ1n) is 5.66. The third-order valence-electron chi connectivity index (χ3n) is 2.45. The van der Waals surface area contributed by atoms with Gasteiger partial charge in [0.05, 0.1) is 9.79 Å². The highest BCUT2D eigenvalue weighted by molar-refractivity contribution is 8.76. The van der Waals surface area contributed by atoms with E-state index in [1.807, 2.05) is 0 Å². The highest BCUT2D eigenvalue weighted by Crippen LogP contribution is 2.36. The molecule has 2 aromatic heterocycles. The molecule has 2 rings (SSSR count). The van der Waals surface area contributed by atoms with Crippen molar-refractivity contribution in [2.24, 2.45) is 0 Å². The first-order valence-corrected chi connectivity index (χ1v) is 7.81. The smallest absolute Gasteiger partial charge is 0.402 e. The van der Waals surface area contributed by atoms with E-state index in [2.05, 4.69) is 0 Å². The lowest BCUT2D eigenvalue weighted by molar-refractivity contribution is -0.610. The lowest BCUT2D eigenvalue weighted by atomic mass is 10.3. The molecule has 10 heteroatoms. The molecular weight excluding hydrogens is 332 g/mol. The van der Waals surface area contributed by atoms with Gasteiger partial charge in [-0.25, -0.2) is 9.59 Å². The number of carboxylic acid groups (broad SMARTS) is 2. The summed E-state index contributed by atoms with van der Waals surface area (Å²) in [5.41, 5.74) is -0.782. The molecule has 2 N–H and O–H groups in total. The molecule has 0 fully saturated rings. The Balaban J connectivity index is 2.10. The van der Waals surface area contributed by atoms with Crippen LogP contribution in [0.2, 0.25) is 0 Å². The zero-order chi connectivity index (χ0) is 16.3. The summed E-state index contributed by atoms with van der Waals surface area (Å²) in [6.07, 6.45) is 2.22. The summed E-state index contributed by atoms with van der Waals surface area (Å²) in [7, 11) is 2.27. The highest BCUT2D eigenvalue weighted by atomic mass is 33.1. The van der Waals surface area contributed by atoms with Crippen LogP contribution in [-0.2, 0) is 0 Å². The van der Waals surface area contributed by atoms with E-state index >= 15 is 0 Å². The third kappa shape index (κ3) is 3.59. The Kier molecular flexibility index (Phi) is 4.73. The predicted molar refractivity (Wildman–Crippen MR) is 76.4 cm³/mol. The van der Waals surface area contributed by atoms with Gasteiger partial charge < -0.3 is 20.6 Å². The van der Waals surface area contributed by atoms with Gasteiger partial charge >= 0.3 is 23.3 Å². The van der Waals surface area contributed by atoms with Crippen LogP contribution in [0.1, 0.15) is 21.0 Å². The Morgan fingerprint density at radius 3 is 1.45 bits per heavy atom. The number of aromatic nitrogens is 2. The zero-order valence-electron chi connectivity index (χ0n) is 10.7. The van der Waals surface area contributed by atoms with Crippen LogP contribution in [0.5, 0.6) is 0 Å². The molecule has 0 saturated heterocycles. The molecule has 0 spiro atoms. The molecule has 0 unspecified atom stereocenters. The van der Waals surface area contributed by atoms with E-state index in [0.29, 0.717) is 9.79 Å². The Bertz CT molecular complexity index is 689. The Morgan fingerprint density at radius 1 is 0.818 bits per heavy atom. The molecule has 0 saturated carbocycles. The fourth-order valence-electron chi connectivity index (χ4n) is 1.45. The number of hydrogen-bond acceptors (Lipinski definition) is 6. The number of rotatable bonds is 5. The molecule has 0 aliphatic heterocycles.